The highest BCUT2D eigenvalue weighted by Crippen LogP contribution is 2.34. The SMILES string of the molecule is COc1ccccc1-c1c(C)oc2c(CN3CCN(Cc4ccccc4)CC3)c(O)ccc2c1=O. The monoisotopic (exact) mass is 470 g/mol. The number of phenolic OH excluding ortho intramolecular Hbond substituents is 1. The number of hydrogen-bond donors (Lipinski definition) is 1. The van der Waals surface area contributed by atoms with Crippen molar-refractivity contribution in [3.8, 4) is 22.6 Å². The fourth-order valence-electron chi connectivity index (χ4n) is 4.90. The second-order valence-corrected chi connectivity index (χ2v) is 9.04. The first-order chi connectivity index (χ1) is 17.0. The largest absolute Gasteiger partial charge is 0.507 e. The van der Waals surface area contributed by atoms with E-state index in [1.807, 2.05) is 30.3 Å². The molecule has 1 saturated heterocycles. The van der Waals surface area contributed by atoms with Gasteiger partial charge in [0.1, 0.15) is 22.8 Å². The summed E-state index contributed by atoms with van der Waals surface area (Å²) in [6, 6.07) is 21.2. The molecule has 35 heavy (non-hydrogen) atoms. The highest BCUT2D eigenvalue weighted by Gasteiger charge is 2.23. The van der Waals surface area contributed by atoms with Crippen LogP contribution in [0.4, 0.5) is 0 Å². The number of methoxy groups -OCH3 is 1. The van der Waals surface area contributed by atoms with Gasteiger partial charge in [0.25, 0.3) is 0 Å². The van der Waals surface area contributed by atoms with Gasteiger partial charge in [-0.2, -0.15) is 0 Å². The van der Waals surface area contributed by atoms with Gasteiger partial charge in [-0.15, -0.1) is 0 Å². The molecule has 0 amide bonds. The molecule has 1 N–H and O–H groups in total. The summed E-state index contributed by atoms with van der Waals surface area (Å²) in [5, 5.41) is 11.2. The molecule has 0 saturated carbocycles. The van der Waals surface area contributed by atoms with Crippen molar-refractivity contribution < 1.29 is 14.3 Å². The first kappa shape index (κ1) is 23.1. The molecule has 1 aliphatic heterocycles. The highest BCUT2D eigenvalue weighted by molar-refractivity contribution is 5.87. The number of para-hydroxylation sites is 1. The minimum atomic E-state index is -0.123. The molecule has 6 nitrogen and oxygen atoms in total. The minimum Gasteiger partial charge on any atom is -0.507 e. The van der Waals surface area contributed by atoms with Crippen LogP contribution in [0.25, 0.3) is 22.1 Å². The Hall–Kier alpha value is -3.61. The lowest BCUT2D eigenvalue weighted by atomic mass is 10.00. The summed E-state index contributed by atoms with van der Waals surface area (Å²) in [6.07, 6.45) is 0. The van der Waals surface area contributed by atoms with E-state index in [2.05, 4.69) is 34.1 Å². The van der Waals surface area contributed by atoms with Gasteiger partial charge in [-0.05, 0) is 30.7 Å². The molecule has 1 aromatic heterocycles. The third-order valence-corrected chi connectivity index (χ3v) is 6.79. The van der Waals surface area contributed by atoms with Crippen molar-refractivity contribution in [3.05, 3.63) is 93.8 Å². The van der Waals surface area contributed by atoms with Crippen LogP contribution in [-0.4, -0.2) is 48.2 Å². The van der Waals surface area contributed by atoms with Gasteiger partial charge in [0, 0.05) is 44.8 Å². The molecule has 180 valence electrons. The van der Waals surface area contributed by atoms with Crippen molar-refractivity contribution in [3.63, 3.8) is 0 Å². The highest BCUT2D eigenvalue weighted by atomic mass is 16.5. The van der Waals surface area contributed by atoms with E-state index in [1.54, 1.807) is 26.2 Å². The van der Waals surface area contributed by atoms with Gasteiger partial charge in [0.2, 0.25) is 5.43 Å². The second-order valence-electron chi connectivity index (χ2n) is 9.04. The van der Waals surface area contributed by atoms with Crippen LogP contribution in [-0.2, 0) is 13.1 Å². The lowest BCUT2D eigenvalue weighted by molar-refractivity contribution is 0.121. The number of rotatable bonds is 6. The number of nitrogens with zero attached hydrogens (tertiary/aromatic N) is 2. The predicted octanol–water partition coefficient (Wildman–Crippen LogP) is 4.80. The van der Waals surface area contributed by atoms with Crippen molar-refractivity contribution >= 4 is 11.0 Å². The van der Waals surface area contributed by atoms with Crippen LogP contribution in [0.3, 0.4) is 0 Å². The van der Waals surface area contributed by atoms with Gasteiger partial charge in [-0.3, -0.25) is 14.6 Å². The van der Waals surface area contributed by atoms with Crippen molar-refractivity contribution in [1.82, 2.24) is 9.80 Å². The zero-order valence-electron chi connectivity index (χ0n) is 20.2. The quantitative estimate of drug-likeness (QED) is 0.437. The van der Waals surface area contributed by atoms with Crippen molar-refractivity contribution in [2.24, 2.45) is 0 Å². The molecule has 6 heteroatoms. The molecule has 1 fully saturated rings. The smallest absolute Gasteiger partial charge is 0.200 e. The molecule has 0 radical (unpaired) electrons. The Labute approximate surface area is 205 Å². The number of ether oxygens (including phenoxy) is 1. The lowest BCUT2D eigenvalue weighted by Gasteiger charge is -2.34. The van der Waals surface area contributed by atoms with Crippen molar-refractivity contribution in [2.45, 2.75) is 20.0 Å². The summed E-state index contributed by atoms with van der Waals surface area (Å²) < 4.78 is 11.7. The summed E-state index contributed by atoms with van der Waals surface area (Å²) in [4.78, 5) is 18.3. The van der Waals surface area contributed by atoms with Gasteiger partial charge < -0.3 is 14.3 Å². The summed E-state index contributed by atoms with van der Waals surface area (Å²) in [6.45, 7) is 6.91. The predicted molar refractivity (Wildman–Crippen MR) is 138 cm³/mol. The average Bonchev–Trinajstić information content (AvgIpc) is 2.88. The fraction of sp³-hybridized carbons (Fsp3) is 0.276. The summed E-state index contributed by atoms with van der Waals surface area (Å²) in [5.41, 5.74) is 3.50. The van der Waals surface area contributed by atoms with Crippen molar-refractivity contribution in [2.75, 3.05) is 33.3 Å². The van der Waals surface area contributed by atoms with Crippen LogP contribution < -0.4 is 10.2 Å². The summed E-state index contributed by atoms with van der Waals surface area (Å²) in [5.74, 6) is 1.28. The maximum atomic E-state index is 13.6. The normalized spacial score (nSPS) is 14.9. The van der Waals surface area contributed by atoms with E-state index in [0.717, 1.165) is 32.7 Å². The number of piperazine rings is 1. The molecule has 2 heterocycles. The van der Waals surface area contributed by atoms with Crippen LogP contribution >= 0.6 is 0 Å². The van der Waals surface area contributed by atoms with Crippen molar-refractivity contribution in [1.29, 1.82) is 0 Å². The molecule has 5 rings (SSSR count). The van der Waals surface area contributed by atoms with Gasteiger partial charge in [0.05, 0.1) is 23.6 Å². The van der Waals surface area contributed by atoms with Gasteiger partial charge in [0.15, 0.2) is 0 Å². The Morgan fingerprint density at radius 1 is 0.886 bits per heavy atom. The van der Waals surface area contributed by atoms with Crippen LogP contribution in [0.2, 0.25) is 0 Å². The van der Waals surface area contributed by atoms with E-state index in [-0.39, 0.29) is 11.2 Å². The Kier molecular flexibility index (Phi) is 6.57. The van der Waals surface area contributed by atoms with Gasteiger partial charge >= 0.3 is 0 Å². The molecule has 0 bridgehead atoms. The number of hydrogen-bond acceptors (Lipinski definition) is 6. The van der Waals surface area contributed by atoms with E-state index in [0.29, 0.717) is 45.7 Å². The molecule has 0 aliphatic carbocycles. The van der Waals surface area contributed by atoms with Gasteiger partial charge in [-0.1, -0.05) is 48.5 Å². The molecule has 1 aliphatic rings. The molecule has 0 atom stereocenters. The number of benzene rings is 3. The molecule has 0 unspecified atom stereocenters. The van der Waals surface area contributed by atoms with Crippen LogP contribution in [0.1, 0.15) is 16.9 Å². The average molecular weight is 471 g/mol. The van der Waals surface area contributed by atoms with Crippen LogP contribution in [0.5, 0.6) is 11.5 Å². The molecular weight excluding hydrogens is 440 g/mol. The maximum Gasteiger partial charge on any atom is 0.200 e. The lowest BCUT2D eigenvalue weighted by Crippen LogP contribution is -2.45. The maximum absolute atomic E-state index is 13.6. The second kappa shape index (κ2) is 9.94. The first-order valence-electron chi connectivity index (χ1n) is 12.0. The van der Waals surface area contributed by atoms with E-state index < -0.39 is 0 Å². The number of aryl methyl sites for hydroxylation is 1. The third-order valence-electron chi connectivity index (χ3n) is 6.79. The number of fused-ring (bicyclic) bond motifs is 1. The fourth-order valence-corrected chi connectivity index (χ4v) is 4.90. The standard InChI is InChI=1S/C29H30N2O4/c1-20-27(22-10-6-7-11-26(22)34-2)28(33)23-12-13-25(32)24(29(23)35-20)19-31-16-14-30(15-17-31)18-21-8-4-3-5-9-21/h3-13,32H,14-19H2,1-2H3. The Morgan fingerprint density at radius 2 is 1.54 bits per heavy atom. The van der Waals surface area contributed by atoms with E-state index in [1.165, 1.54) is 5.56 Å². The molecule has 3 aromatic carbocycles. The Bertz CT molecular complexity index is 1390. The zero-order valence-corrected chi connectivity index (χ0v) is 20.2. The molecule has 4 aromatic rings. The third kappa shape index (κ3) is 4.67. The number of phenols is 1. The minimum absolute atomic E-state index is 0.123. The first-order valence-corrected chi connectivity index (χ1v) is 12.0. The number of aromatic hydroxyl groups is 1. The Balaban J connectivity index is 1.41. The molecule has 0 spiro atoms. The van der Waals surface area contributed by atoms with Crippen LogP contribution in [0.15, 0.2) is 75.9 Å². The van der Waals surface area contributed by atoms with E-state index >= 15 is 0 Å². The van der Waals surface area contributed by atoms with Gasteiger partial charge in [-0.25, -0.2) is 0 Å². The Morgan fingerprint density at radius 3 is 2.26 bits per heavy atom. The topological polar surface area (TPSA) is 66.2 Å². The van der Waals surface area contributed by atoms with Crippen LogP contribution in [0, 0.1) is 6.92 Å². The summed E-state index contributed by atoms with van der Waals surface area (Å²) >= 11 is 0. The van der Waals surface area contributed by atoms with E-state index in [9.17, 15) is 9.90 Å². The molecular formula is C29H30N2O4. The zero-order chi connectivity index (χ0) is 24.4. The van der Waals surface area contributed by atoms with E-state index in [4.69, 9.17) is 9.15 Å². The summed E-state index contributed by atoms with van der Waals surface area (Å²) in [7, 11) is 1.59.